The van der Waals surface area contributed by atoms with E-state index in [0.29, 0.717) is 6.61 Å². The van der Waals surface area contributed by atoms with Gasteiger partial charge in [-0.15, -0.1) is 11.3 Å². The van der Waals surface area contributed by atoms with Gasteiger partial charge < -0.3 is 9.84 Å². The first-order chi connectivity index (χ1) is 7.24. The molecule has 1 aromatic heterocycles. The van der Waals surface area contributed by atoms with Crippen LogP contribution < -0.4 is 0 Å². The van der Waals surface area contributed by atoms with Gasteiger partial charge in [0.15, 0.2) is 0 Å². The summed E-state index contributed by atoms with van der Waals surface area (Å²) in [6.07, 6.45) is 4.93. The molecule has 2 rings (SSSR count). The first-order valence-electron chi connectivity index (χ1n) is 5.34. The van der Waals surface area contributed by atoms with Crippen LogP contribution in [-0.4, -0.2) is 29.9 Å². The molecule has 0 aliphatic carbocycles. The van der Waals surface area contributed by atoms with Crippen LogP contribution in [0.4, 0.5) is 0 Å². The number of aliphatic hydroxyl groups is 1. The molecule has 84 valence electrons. The topological polar surface area (TPSA) is 42.4 Å². The molecular formula is C11H17NO2S. The van der Waals surface area contributed by atoms with Gasteiger partial charge >= 0.3 is 0 Å². The minimum Gasteiger partial charge on any atom is -0.396 e. The Bertz CT molecular complexity index is 318. The molecule has 0 saturated carbocycles. The molecule has 1 aliphatic rings. The molecule has 1 fully saturated rings. The molecule has 1 saturated heterocycles. The number of thiazole rings is 1. The van der Waals surface area contributed by atoms with Crippen LogP contribution in [0.5, 0.6) is 0 Å². The SMILES string of the molecule is Cc1ncc(CC2(CO)CCCOC2)s1. The van der Waals surface area contributed by atoms with Gasteiger partial charge in [-0.05, 0) is 26.2 Å². The lowest BCUT2D eigenvalue weighted by Crippen LogP contribution is -2.37. The Hall–Kier alpha value is -0.450. The fraction of sp³-hybridized carbons (Fsp3) is 0.727. The molecule has 0 amide bonds. The second kappa shape index (κ2) is 4.60. The number of aliphatic hydroxyl groups excluding tert-OH is 1. The van der Waals surface area contributed by atoms with E-state index in [1.54, 1.807) is 11.3 Å². The zero-order valence-corrected chi connectivity index (χ0v) is 9.85. The highest BCUT2D eigenvalue weighted by Gasteiger charge is 2.33. The van der Waals surface area contributed by atoms with Gasteiger partial charge in [0, 0.05) is 23.1 Å². The molecule has 1 unspecified atom stereocenters. The van der Waals surface area contributed by atoms with Crippen LogP contribution in [-0.2, 0) is 11.2 Å². The van der Waals surface area contributed by atoms with E-state index in [1.807, 2.05) is 13.1 Å². The van der Waals surface area contributed by atoms with Crippen LogP contribution in [0, 0.1) is 12.3 Å². The third-order valence-electron chi connectivity index (χ3n) is 2.96. The zero-order valence-electron chi connectivity index (χ0n) is 9.03. The van der Waals surface area contributed by atoms with E-state index in [4.69, 9.17) is 4.74 Å². The van der Waals surface area contributed by atoms with Gasteiger partial charge in [0.25, 0.3) is 0 Å². The quantitative estimate of drug-likeness (QED) is 0.856. The number of aromatic nitrogens is 1. The number of nitrogens with zero attached hydrogens (tertiary/aromatic N) is 1. The minimum atomic E-state index is -0.0583. The lowest BCUT2D eigenvalue weighted by atomic mass is 9.80. The van der Waals surface area contributed by atoms with Crippen LogP contribution >= 0.6 is 11.3 Å². The monoisotopic (exact) mass is 227 g/mol. The largest absolute Gasteiger partial charge is 0.396 e. The third kappa shape index (κ3) is 2.56. The Morgan fingerprint density at radius 3 is 3.07 bits per heavy atom. The van der Waals surface area contributed by atoms with Gasteiger partial charge in [-0.1, -0.05) is 0 Å². The standard InChI is InChI=1S/C11H17NO2S/c1-9-12-6-10(15-9)5-11(7-13)3-2-4-14-8-11/h6,13H,2-5,7-8H2,1H3. The maximum Gasteiger partial charge on any atom is 0.0896 e. The Labute approximate surface area is 94.1 Å². The summed E-state index contributed by atoms with van der Waals surface area (Å²) >= 11 is 1.72. The van der Waals surface area contributed by atoms with Gasteiger partial charge in [-0.25, -0.2) is 4.98 Å². The number of rotatable bonds is 3. The van der Waals surface area contributed by atoms with E-state index in [2.05, 4.69) is 4.98 Å². The summed E-state index contributed by atoms with van der Waals surface area (Å²) < 4.78 is 5.48. The highest BCUT2D eigenvalue weighted by atomic mass is 32.1. The van der Waals surface area contributed by atoms with Crippen molar-refractivity contribution in [3.63, 3.8) is 0 Å². The lowest BCUT2D eigenvalue weighted by molar-refractivity contribution is -0.0375. The van der Waals surface area contributed by atoms with Crippen molar-refractivity contribution < 1.29 is 9.84 Å². The number of ether oxygens (including phenoxy) is 1. The molecule has 0 spiro atoms. The molecule has 2 heterocycles. The molecule has 4 heteroatoms. The van der Waals surface area contributed by atoms with Gasteiger partial charge in [0.1, 0.15) is 0 Å². The van der Waals surface area contributed by atoms with E-state index < -0.39 is 0 Å². The summed E-state index contributed by atoms with van der Waals surface area (Å²) in [6.45, 7) is 3.74. The Morgan fingerprint density at radius 2 is 2.53 bits per heavy atom. The second-order valence-corrected chi connectivity index (χ2v) is 5.66. The smallest absolute Gasteiger partial charge is 0.0896 e. The zero-order chi connectivity index (χ0) is 10.7. The first-order valence-corrected chi connectivity index (χ1v) is 6.16. The molecule has 1 aromatic rings. The molecule has 1 atom stereocenters. The van der Waals surface area contributed by atoms with E-state index >= 15 is 0 Å². The second-order valence-electron chi connectivity index (χ2n) is 4.34. The van der Waals surface area contributed by atoms with Crippen molar-refractivity contribution in [1.82, 2.24) is 4.98 Å². The van der Waals surface area contributed by atoms with Gasteiger partial charge in [-0.3, -0.25) is 0 Å². The Kier molecular flexibility index (Phi) is 3.38. The van der Waals surface area contributed by atoms with Crippen LogP contribution in [0.25, 0.3) is 0 Å². The van der Waals surface area contributed by atoms with Crippen molar-refractivity contribution in [3.05, 3.63) is 16.1 Å². The molecule has 15 heavy (non-hydrogen) atoms. The summed E-state index contributed by atoms with van der Waals surface area (Å²) in [4.78, 5) is 5.50. The van der Waals surface area contributed by atoms with Gasteiger partial charge in [0.05, 0.1) is 18.2 Å². The summed E-state index contributed by atoms with van der Waals surface area (Å²) in [7, 11) is 0. The van der Waals surface area contributed by atoms with Crippen molar-refractivity contribution >= 4 is 11.3 Å². The molecule has 0 aromatic carbocycles. The Morgan fingerprint density at radius 1 is 1.67 bits per heavy atom. The predicted octanol–water partition coefficient (Wildman–Crippen LogP) is 1.78. The van der Waals surface area contributed by atoms with E-state index in [0.717, 1.165) is 30.9 Å². The van der Waals surface area contributed by atoms with Gasteiger partial charge in [0.2, 0.25) is 0 Å². The summed E-state index contributed by atoms with van der Waals surface area (Å²) in [5.41, 5.74) is -0.0583. The van der Waals surface area contributed by atoms with E-state index in [-0.39, 0.29) is 12.0 Å². The Balaban J connectivity index is 2.06. The molecule has 0 radical (unpaired) electrons. The average molecular weight is 227 g/mol. The highest BCUT2D eigenvalue weighted by molar-refractivity contribution is 7.11. The molecule has 1 N–H and O–H groups in total. The van der Waals surface area contributed by atoms with Crippen molar-refractivity contribution in [2.24, 2.45) is 5.41 Å². The fourth-order valence-corrected chi connectivity index (χ4v) is 3.06. The lowest BCUT2D eigenvalue weighted by Gasteiger charge is -2.34. The predicted molar refractivity (Wildman–Crippen MR) is 60.1 cm³/mol. The number of aryl methyl sites for hydroxylation is 1. The number of hydrogen-bond donors (Lipinski definition) is 1. The van der Waals surface area contributed by atoms with E-state index in [1.165, 1.54) is 4.88 Å². The average Bonchev–Trinajstić information content (AvgIpc) is 2.65. The van der Waals surface area contributed by atoms with Crippen molar-refractivity contribution in [3.8, 4) is 0 Å². The van der Waals surface area contributed by atoms with Crippen molar-refractivity contribution in [1.29, 1.82) is 0 Å². The summed E-state index contributed by atoms with van der Waals surface area (Å²) in [5.74, 6) is 0. The summed E-state index contributed by atoms with van der Waals surface area (Å²) in [6, 6.07) is 0. The minimum absolute atomic E-state index is 0.0583. The molecule has 3 nitrogen and oxygen atoms in total. The fourth-order valence-electron chi connectivity index (χ4n) is 2.09. The first kappa shape index (κ1) is 11.0. The van der Waals surface area contributed by atoms with Gasteiger partial charge in [-0.2, -0.15) is 0 Å². The van der Waals surface area contributed by atoms with Crippen LogP contribution in [0.3, 0.4) is 0 Å². The van der Waals surface area contributed by atoms with Crippen LogP contribution in [0.15, 0.2) is 6.20 Å². The molecular weight excluding hydrogens is 210 g/mol. The summed E-state index contributed by atoms with van der Waals surface area (Å²) in [5, 5.41) is 10.6. The van der Waals surface area contributed by atoms with Crippen LogP contribution in [0.2, 0.25) is 0 Å². The van der Waals surface area contributed by atoms with E-state index in [9.17, 15) is 5.11 Å². The normalized spacial score (nSPS) is 26.8. The molecule has 1 aliphatic heterocycles. The third-order valence-corrected chi connectivity index (χ3v) is 3.87. The molecule has 0 bridgehead atoms. The van der Waals surface area contributed by atoms with Crippen molar-refractivity contribution in [2.45, 2.75) is 26.2 Å². The maximum absolute atomic E-state index is 9.51. The van der Waals surface area contributed by atoms with Crippen molar-refractivity contribution in [2.75, 3.05) is 19.8 Å². The highest BCUT2D eigenvalue weighted by Crippen LogP contribution is 2.33. The van der Waals surface area contributed by atoms with Crippen LogP contribution in [0.1, 0.15) is 22.7 Å². The number of hydrogen-bond acceptors (Lipinski definition) is 4. The maximum atomic E-state index is 9.51.